The van der Waals surface area contributed by atoms with Gasteiger partial charge in [0, 0.05) is 81.0 Å². The highest BCUT2D eigenvalue weighted by Gasteiger charge is 2.22. The normalized spacial score (nSPS) is 19.5. The number of aromatic nitrogens is 2. The maximum Gasteiger partial charge on any atom is 0.258 e. The molecule has 1 amide bonds. The van der Waals surface area contributed by atoms with Crippen molar-refractivity contribution in [1.82, 2.24) is 15.1 Å². The first kappa shape index (κ1) is 24.1. The highest BCUT2D eigenvalue weighted by atomic mass is 16.5. The molecular weight excluding hydrogens is 466 g/mol. The zero-order valence-corrected chi connectivity index (χ0v) is 21.6. The average molecular weight is 504 g/mol. The molecule has 37 heavy (non-hydrogen) atoms. The second-order valence-electron chi connectivity index (χ2n) is 10.5. The Kier molecular flexibility index (Phi) is 6.89. The van der Waals surface area contributed by atoms with Crippen LogP contribution in [0.15, 0.2) is 36.4 Å². The number of nitrogens with zero attached hydrogens (tertiary/aromatic N) is 4. The molecule has 9 heteroatoms. The van der Waals surface area contributed by atoms with Crippen molar-refractivity contribution < 1.29 is 9.53 Å². The van der Waals surface area contributed by atoms with Crippen LogP contribution in [-0.4, -0.2) is 86.6 Å². The first-order valence-corrected chi connectivity index (χ1v) is 13.6. The standard InChI is InChI=1S/C28H37N7O2/c1-33-12-14-35(15-13-33)22-4-6-23(26(19-22)29-20-8-16-37-17-9-20)28(36)30-27-24-18-21(34-10-2-3-11-34)5-7-25(24)31-32-27/h4-7,18-20,29H,2-3,8-17H2,1H3,(H2,30,31,32,36). The molecule has 3 aliphatic heterocycles. The topological polar surface area (TPSA) is 88.8 Å². The fraction of sp³-hybridized carbons (Fsp3) is 0.500. The van der Waals surface area contributed by atoms with Crippen LogP contribution in [0.4, 0.5) is 22.9 Å². The Hall–Kier alpha value is -3.30. The van der Waals surface area contributed by atoms with E-state index in [1.807, 2.05) is 6.07 Å². The lowest BCUT2D eigenvalue weighted by Gasteiger charge is -2.34. The number of carbonyl (C=O) groups excluding carboxylic acids is 1. The van der Waals surface area contributed by atoms with Gasteiger partial charge >= 0.3 is 0 Å². The van der Waals surface area contributed by atoms with E-state index >= 15 is 0 Å². The highest BCUT2D eigenvalue weighted by Crippen LogP contribution is 2.31. The van der Waals surface area contributed by atoms with Gasteiger partial charge in [-0.25, -0.2) is 0 Å². The number of anilines is 4. The first-order chi connectivity index (χ1) is 18.1. The Morgan fingerprint density at radius 1 is 0.946 bits per heavy atom. The van der Waals surface area contributed by atoms with Crippen molar-refractivity contribution in [3.63, 3.8) is 0 Å². The SMILES string of the molecule is CN1CCN(c2ccc(C(=O)Nc3n[nH]c4ccc(N5CCCC5)cc34)c(NC3CCOCC3)c2)CC1. The number of carbonyl (C=O) groups is 1. The van der Waals surface area contributed by atoms with E-state index < -0.39 is 0 Å². The number of hydrogen-bond acceptors (Lipinski definition) is 7. The number of nitrogens with one attached hydrogen (secondary N) is 3. The predicted molar refractivity (Wildman–Crippen MR) is 149 cm³/mol. The third-order valence-corrected chi connectivity index (χ3v) is 7.95. The summed E-state index contributed by atoms with van der Waals surface area (Å²) in [6.45, 7) is 7.69. The van der Waals surface area contributed by atoms with Gasteiger partial charge in [0.2, 0.25) is 0 Å². The number of rotatable bonds is 6. The van der Waals surface area contributed by atoms with Crippen molar-refractivity contribution in [2.45, 2.75) is 31.7 Å². The van der Waals surface area contributed by atoms with Gasteiger partial charge in [-0.3, -0.25) is 9.89 Å². The minimum atomic E-state index is -0.153. The van der Waals surface area contributed by atoms with Crippen molar-refractivity contribution in [3.8, 4) is 0 Å². The third kappa shape index (κ3) is 5.24. The maximum atomic E-state index is 13.6. The summed E-state index contributed by atoms with van der Waals surface area (Å²) >= 11 is 0. The molecule has 4 heterocycles. The predicted octanol–water partition coefficient (Wildman–Crippen LogP) is 3.76. The second kappa shape index (κ2) is 10.6. The summed E-state index contributed by atoms with van der Waals surface area (Å²) in [6.07, 6.45) is 4.31. The average Bonchev–Trinajstić information content (AvgIpc) is 3.60. The second-order valence-corrected chi connectivity index (χ2v) is 10.5. The first-order valence-electron chi connectivity index (χ1n) is 13.6. The molecule has 9 nitrogen and oxygen atoms in total. The molecule has 2 aromatic carbocycles. The summed E-state index contributed by atoms with van der Waals surface area (Å²) in [6, 6.07) is 12.8. The summed E-state index contributed by atoms with van der Waals surface area (Å²) in [5.41, 5.74) is 4.76. The van der Waals surface area contributed by atoms with E-state index in [9.17, 15) is 4.79 Å². The number of aromatic amines is 1. The Labute approximate surface area is 218 Å². The number of amides is 1. The van der Waals surface area contributed by atoms with Crippen molar-refractivity contribution in [1.29, 1.82) is 0 Å². The zero-order chi connectivity index (χ0) is 25.2. The van der Waals surface area contributed by atoms with E-state index in [0.717, 1.165) is 87.6 Å². The number of piperazine rings is 1. The summed E-state index contributed by atoms with van der Waals surface area (Å²) in [7, 11) is 2.16. The number of ether oxygens (including phenoxy) is 1. The van der Waals surface area contributed by atoms with E-state index in [1.165, 1.54) is 18.5 Å². The molecule has 3 saturated heterocycles. The Bertz CT molecular complexity index is 1240. The minimum Gasteiger partial charge on any atom is -0.381 e. The van der Waals surface area contributed by atoms with Crippen LogP contribution in [0.2, 0.25) is 0 Å². The summed E-state index contributed by atoms with van der Waals surface area (Å²) in [4.78, 5) is 20.8. The fourth-order valence-corrected chi connectivity index (χ4v) is 5.62. The van der Waals surface area contributed by atoms with E-state index in [4.69, 9.17) is 4.74 Å². The lowest BCUT2D eigenvalue weighted by Crippen LogP contribution is -2.44. The number of fused-ring (bicyclic) bond motifs is 1. The monoisotopic (exact) mass is 503 g/mol. The molecule has 3 aliphatic rings. The van der Waals surface area contributed by atoms with E-state index in [0.29, 0.717) is 11.4 Å². The Balaban J connectivity index is 1.27. The molecule has 0 unspecified atom stereocenters. The van der Waals surface area contributed by atoms with Crippen molar-refractivity contribution in [2.75, 3.05) is 80.0 Å². The van der Waals surface area contributed by atoms with Gasteiger partial charge in [-0.15, -0.1) is 0 Å². The van der Waals surface area contributed by atoms with Crippen LogP contribution in [0, 0.1) is 0 Å². The van der Waals surface area contributed by atoms with Gasteiger partial charge < -0.3 is 30.1 Å². The molecule has 3 N–H and O–H groups in total. The summed E-state index contributed by atoms with van der Waals surface area (Å²) in [5, 5.41) is 15.2. The molecule has 1 aromatic heterocycles. The van der Waals surface area contributed by atoms with Crippen molar-refractivity contribution in [3.05, 3.63) is 42.0 Å². The van der Waals surface area contributed by atoms with E-state index in [1.54, 1.807) is 0 Å². The van der Waals surface area contributed by atoms with E-state index in [-0.39, 0.29) is 11.9 Å². The number of likely N-dealkylation sites (N-methyl/N-ethyl adjacent to an activating group) is 1. The maximum absolute atomic E-state index is 13.6. The van der Waals surface area contributed by atoms with Crippen LogP contribution in [0.3, 0.4) is 0 Å². The van der Waals surface area contributed by atoms with Crippen LogP contribution in [0.5, 0.6) is 0 Å². The molecule has 0 atom stereocenters. The van der Waals surface area contributed by atoms with Gasteiger partial charge in [0.25, 0.3) is 5.91 Å². The summed E-state index contributed by atoms with van der Waals surface area (Å²) < 4.78 is 5.55. The molecule has 0 bridgehead atoms. The van der Waals surface area contributed by atoms with Gasteiger partial charge in [0.15, 0.2) is 5.82 Å². The van der Waals surface area contributed by atoms with E-state index in [2.05, 4.69) is 72.9 Å². The van der Waals surface area contributed by atoms with Gasteiger partial charge in [-0.2, -0.15) is 5.10 Å². The molecule has 0 aliphatic carbocycles. The Morgan fingerprint density at radius 2 is 1.65 bits per heavy atom. The van der Waals surface area contributed by atoms with Crippen LogP contribution in [0.1, 0.15) is 36.0 Å². The van der Waals surface area contributed by atoms with Gasteiger partial charge in [0.1, 0.15) is 0 Å². The number of H-pyrrole nitrogens is 1. The summed E-state index contributed by atoms with van der Waals surface area (Å²) in [5.74, 6) is 0.417. The van der Waals surface area contributed by atoms with Crippen LogP contribution in [0.25, 0.3) is 10.9 Å². The smallest absolute Gasteiger partial charge is 0.258 e. The molecule has 6 rings (SSSR count). The zero-order valence-electron chi connectivity index (χ0n) is 21.6. The van der Waals surface area contributed by atoms with Crippen molar-refractivity contribution >= 4 is 39.7 Å². The van der Waals surface area contributed by atoms with Crippen LogP contribution in [-0.2, 0) is 4.74 Å². The molecule has 3 aromatic rings. The quantitative estimate of drug-likeness (QED) is 0.472. The van der Waals surface area contributed by atoms with Gasteiger partial charge in [-0.1, -0.05) is 0 Å². The lowest BCUT2D eigenvalue weighted by molar-refractivity contribution is 0.0904. The molecule has 196 valence electrons. The van der Waals surface area contributed by atoms with Gasteiger partial charge in [-0.05, 0) is 69.1 Å². The molecule has 0 spiro atoms. The lowest BCUT2D eigenvalue weighted by atomic mass is 10.1. The number of benzene rings is 2. The molecule has 3 fully saturated rings. The molecular formula is C28H37N7O2. The Morgan fingerprint density at radius 3 is 2.43 bits per heavy atom. The van der Waals surface area contributed by atoms with Crippen LogP contribution >= 0.6 is 0 Å². The molecule has 0 saturated carbocycles. The molecule has 0 radical (unpaired) electrons. The fourth-order valence-electron chi connectivity index (χ4n) is 5.62. The minimum absolute atomic E-state index is 0.153. The van der Waals surface area contributed by atoms with Gasteiger partial charge in [0.05, 0.1) is 11.1 Å². The number of hydrogen-bond donors (Lipinski definition) is 3. The van der Waals surface area contributed by atoms with Crippen LogP contribution < -0.4 is 20.4 Å². The largest absolute Gasteiger partial charge is 0.381 e. The highest BCUT2D eigenvalue weighted by molar-refractivity contribution is 6.11. The van der Waals surface area contributed by atoms with Crippen molar-refractivity contribution in [2.24, 2.45) is 0 Å². The third-order valence-electron chi connectivity index (χ3n) is 7.95.